The fourth-order valence-corrected chi connectivity index (χ4v) is 5.18. The lowest BCUT2D eigenvalue weighted by Gasteiger charge is -2.29. The van der Waals surface area contributed by atoms with Gasteiger partial charge in [0.2, 0.25) is 5.95 Å². The first kappa shape index (κ1) is 27.8. The maximum Gasteiger partial charge on any atom is 0.323 e. The summed E-state index contributed by atoms with van der Waals surface area (Å²) in [4.78, 5) is 38.6. The highest BCUT2D eigenvalue weighted by molar-refractivity contribution is 5.96. The largest absolute Gasteiger partial charge is 0.497 e. The number of carboxylic acids is 1. The maximum atomic E-state index is 13.8. The zero-order valence-electron chi connectivity index (χ0n) is 23.2. The molecule has 8 heteroatoms. The highest BCUT2D eigenvalue weighted by Gasteiger charge is 2.25. The van der Waals surface area contributed by atoms with E-state index in [0.29, 0.717) is 43.0 Å². The second-order valence-electron chi connectivity index (χ2n) is 10.2. The zero-order chi connectivity index (χ0) is 28.6. The third-order valence-corrected chi connectivity index (χ3v) is 7.41. The molecular weight excluding hydrogens is 516 g/mol. The third kappa shape index (κ3) is 7.08. The number of nitrogens with zero attached hydrogens (tertiary/aromatic N) is 4. The van der Waals surface area contributed by atoms with Gasteiger partial charge in [0.1, 0.15) is 12.3 Å². The summed E-state index contributed by atoms with van der Waals surface area (Å²) >= 11 is 0. The Kier molecular flexibility index (Phi) is 8.89. The molecule has 5 rings (SSSR count). The molecule has 1 aliphatic heterocycles. The lowest BCUT2D eigenvalue weighted by molar-refractivity contribution is -0.137. The summed E-state index contributed by atoms with van der Waals surface area (Å²) in [5.74, 6) is -0.0955. The van der Waals surface area contributed by atoms with E-state index < -0.39 is 12.5 Å². The van der Waals surface area contributed by atoms with Crippen molar-refractivity contribution < 1.29 is 19.4 Å². The van der Waals surface area contributed by atoms with Crippen LogP contribution < -0.4 is 9.64 Å². The molecule has 41 heavy (non-hydrogen) atoms. The second kappa shape index (κ2) is 13.1. The number of carbonyl (C=O) groups is 2. The van der Waals surface area contributed by atoms with Crippen molar-refractivity contribution in [1.82, 2.24) is 14.9 Å². The maximum absolute atomic E-state index is 13.8. The van der Waals surface area contributed by atoms with E-state index in [1.807, 2.05) is 60.7 Å². The molecule has 0 saturated carbocycles. The normalized spacial score (nSPS) is 12.5. The first-order valence-corrected chi connectivity index (χ1v) is 13.9. The predicted molar refractivity (Wildman–Crippen MR) is 157 cm³/mol. The molecule has 0 spiro atoms. The quantitative estimate of drug-likeness (QED) is 0.292. The van der Waals surface area contributed by atoms with E-state index in [2.05, 4.69) is 28.1 Å². The zero-order valence-corrected chi connectivity index (χ0v) is 23.2. The van der Waals surface area contributed by atoms with Crippen LogP contribution in [0.3, 0.4) is 0 Å². The number of ether oxygens (including phenoxy) is 1. The number of hydrogen-bond donors (Lipinski definition) is 1. The number of amides is 1. The Balaban J connectivity index is 1.43. The number of aliphatic carboxylic acids is 1. The van der Waals surface area contributed by atoms with Gasteiger partial charge in [-0.1, -0.05) is 66.7 Å². The highest BCUT2D eigenvalue weighted by atomic mass is 16.5. The van der Waals surface area contributed by atoms with Gasteiger partial charge in [0, 0.05) is 25.8 Å². The minimum atomic E-state index is -1.06. The van der Waals surface area contributed by atoms with Crippen LogP contribution in [0.2, 0.25) is 0 Å². The van der Waals surface area contributed by atoms with Crippen LogP contribution in [-0.4, -0.2) is 58.6 Å². The van der Waals surface area contributed by atoms with E-state index in [9.17, 15) is 14.7 Å². The summed E-state index contributed by atoms with van der Waals surface area (Å²) < 4.78 is 5.38. The summed E-state index contributed by atoms with van der Waals surface area (Å²) in [5, 5.41) is 9.60. The number of fused-ring (bicyclic) bond motifs is 1. The number of rotatable bonds is 11. The molecular formula is C33H34N4O4. The smallest absolute Gasteiger partial charge is 0.323 e. The van der Waals surface area contributed by atoms with Gasteiger partial charge in [-0.25, -0.2) is 9.97 Å². The second-order valence-corrected chi connectivity index (χ2v) is 10.2. The SMILES string of the molecule is COc1cccc(CCc2nc(N3CCc4ccccc4C3)ncc2C(=O)N(CCc2ccccc2)CC(=O)O)c1. The van der Waals surface area contributed by atoms with E-state index >= 15 is 0 Å². The van der Waals surface area contributed by atoms with Crippen molar-refractivity contribution in [2.24, 2.45) is 0 Å². The molecule has 0 aliphatic carbocycles. The van der Waals surface area contributed by atoms with Gasteiger partial charge in [-0.3, -0.25) is 9.59 Å². The summed E-state index contributed by atoms with van der Waals surface area (Å²) in [7, 11) is 1.63. The highest BCUT2D eigenvalue weighted by Crippen LogP contribution is 2.24. The molecule has 210 valence electrons. The Labute approximate surface area is 240 Å². The van der Waals surface area contributed by atoms with Crippen LogP contribution in [0.4, 0.5) is 5.95 Å². The van der Waals surface area contributed by atoms with Gasteiger partial charge in [0.05, 0.1) is 18.4 Å². The molecule has 1 amide bonds. The summed E-state index contributed by atoms with van der Waals surface area (Å²) in [6.07, 6.45) is 4.15. The van der Waals surface area contributed by atoms with Crippen molar-refractivity contribution in [2.45, 2.75) is 32.2 Å². The summed E-state index contributed by atoms with van der Waals surface area (Å²) in [6, 6.07) is 25.9. The van der Waals surface area contributed by atoms with Gasteiger partial charge in [-0.05, 0) is 60.1 Å². The number of methoxy groups -OCH3 is 1. The van der Waals surface area contributed by atoms with Gasteiger partial charge >= 0.3 is 5.97 Å². The van der Waals surface area contributed by atoms with Crippen LogP contribution in [-0.2, 0) is 37.0 Å². The molecule has 0 atom stereocenters. The fourth-order valence-electron chi connectivity index (χ4n) is 5.18. The van der Waals surface area contributed by atoms with Gasteiger partial charge in [-0.15, -0.1) is 0 Å². The monoisotopic (exact) mass is 550 g/mol. The topological polar surface area (TPSA) is 95.9 Å². The van der Waals surface area contributed by atoms with Gasteiger partial charge in [-0.2, -0.15) is 0 Å². The predicted octanol–water partition coefficient (Wildman–Crippen LogP) is 4.60. The Morgan fingerprint density at radius 2 is 1.68 bits per heavy atom. The van der Waals surface area contributed by atoms with Crippen LogP contribution in [0.1, 0.15) is 38.3 Å². The van der Waals surface area contributed by atoms with E-state index in [4.69, 9.17) is 9.72 Å². The Bertz CT molecular complexity index is 1510. The molecule has 1 aromatic heterocycles. The first-order valence-electron chi connectivity index (χ1n) is 13.9. The van der Waals surface area contributed by atoms with Gasteiger partial charge < -0.3 is 19.6 Å². The number of hydrogen-bond acceptors (Lipinski definition) is 6. The average Bonchev–Trinajstić information content (AvgIpc) is 3.01. The molecule has 0 bridgehead atoms. The number of benzene rings is 3. The number of carboxylic acid groups (broad SMARTS) is 1. The molecule has 0 saturated heterocycles. The number of aryl methyl sites for hydroxylation is 2. The van der Waals surface area contributed by atoms with Crippen LogP contribution in [0.15, 0.2) is 85.1 Å². The van der Waals surface area contributed by atoms with Crippen LogP contribution in [0, 0.1) is 0 Å². The van der Waals surface area contributed by atoms with Crippen molar-refractivity contribution in [3.8, 4) is 5.75 Å². The summed E-state index contributed by atoms with van der Waals surface area (Å²) in [5.41, 5.74) is 5.61. The molecule has 1 N–H and O–H groups in total. The molecule has 1 aliphatic rings. The Morgan fingerprint density at radius 1 is 0.927 bits per heavy atom. The van der Waals surface area contributed by atoms with Crippen molar-refractivity contribution in [3.05, 3.63) is 119 Å². The summed E-state index contributed by atoms with van der Waals surface area (Å²) in [6.45, 7) is 1.35. The molecule has 0 fully saturated rings. The molecule has 2 heterocycles. The molecule has 0 unspecified atom stereocenters. The lowest BCUT2D eigenvalue weighted by atomic mass is 10.0. The van der Waals surface area contributed by atoms with Crippen LogP contribution in [0.5, 0.6) is 5.75 Å². The third-order valence-electron chi connectivity index (χ3n) is 7.41. The van der Waals surface area contributed by atoms with Crippen molar-refractivity contribution in [3.63, 3.8) is 0 Å². The van der Waals surface area contributed by atoms with Crippen molar-refractivity contribution in [1.29, 1.82) is 0 Å². The number of anilines is 1. The van der Waals surface area contributed by atoms with Crippen LogP contribution in [0.25, 0.3) is 0 Å². The minimum absolute atomic E-state index is 0.273. The van der Waals surface area contributed by atoms with E-state index in [1.54, 1.807) is 13.3 Å². The molecule has 8 nitrogen and oxygen atoms in total. The lowest BCUT2D eigenvalue weighted by Crippen LogP contribution is -2.38. The molecule has 3 aromatic carbocycles. The Morgan fingerprint density at radius 3 is 2.46 bits per heavy atom. The van der Waals surface area contributed by atoms with E-state index in [1.165, 1.54) is 16.0 Å². The van der Waals surface area contributed by atoms with Gasteiger partial charge in [0.25, 0.3) is 5.91 Å². The fraction of sp³-hybridized carbons (Fsp3) is 0.273. The minimum Gasteiger partial charge on any atom is -0.497 e. The van der Waals surface area contributed by atoms with Crippen molar-refractivity contribution in [2.75, 3.05) is 31.6 Å². The van der Waals surface area contributed by atoms with Crippen LogP contribution >= 0.6 is 0 Å². The Hall–Kier alpha value is -4.72. The van der Waals surface area contributed by atoms with Gasteiger partial charge in [0.15, 0.2) is 0 Å². The van der Waals surface area contributed by atoms with E-state index in [0.717, 1.165) is 29.8 Å². The number of aromatic nitrogens is 2. The number of carbonyl (C=O) groups excluding carboxylic acids is 1. The molecule has 4 aromatic rings. The molecule has 0 radical (unpaired) electrons. The standard InChI is InChI=1S/C33H34N4O4/c1-41-28-13-7-10-25(20-28)14-15-30-29(32(40)36(23-31(38)39)18-16-24-8-3-2-4-9-24)21-34-33(35-30)37-19-17-26-11-5-6-12-27(26)22-37/h2-13,20-21H,14-19,22-23H2,1H3,(H,38,39). The van der Waals surface area contributed by atoms with E-state index in [-0.39, 0.29) is 12.5 Å². The first-order chi connectivity index (χ1) is 20.0. The average molecular weight is 551 g/mol. The van der Waals surface area contributed by atoms with Crippen molar-refractivity contribution >= 4 is 17.8 Å².